The van der Waals surface area contributed by atoms with E-state index in [0.717, 1.165) is 5.56 Å². The highest BCUT2D eigenvalue weighted by Gasteiger charge is 2.35. The van der Waals surface area contributed by atoms with Crippen molar-refractivity contribution in [2.75, 3.05) is 11.9 Å². The lowest BCUT2D eigenvalue weighted by Gasteiger charge is -2.28. The third-order valence-corrected chi connectivity index (χ3v) is 5.68. The number of fused-ring (bicyclic) bond motifs is 1. The van der Waals surface area contributed by atoms with Crippen LogP contribution in [0.15, 0.2) is 65.0 Å². The molecule has 2 heterocycles. The summed E-state index contributed by atoms with van der Waals surface area (Å²) in [5, 5.41) is 8.15. The molecule has 0 saturated heterocycles. The Hall–Kier alpha value is -3.20. The number of ether oxygens (including phenoxy) is 1. The molecule has 0 radical (unpaired) electrons. The number of carbonyl (C=O) groups is 1. The van der Waals surface area contributed by atoms with Gasteiger partial charge in [-0.3, -0.25) is 0 Å². The van der Waals surface area contributed by atoms with Gasteiger partial charge in [-0.15, -0.1) is 5.10 Å². The molecule has 0 aliphatic carbocycles. The van der Waals surface area contributed by atoms with Gasteiger partial charge in [0.05, 0.1) is 12.2 Å². The Morgan fingerprint density at radius 1 is 1.19 bits per heavy atom. The smallest absolute Gasteiger partial charge is 0.338 e. The fraction of sp³-hybridized carbons (Fsp3) is 0.227. The number of nitrogens with zero attached hydrogens (tertiary/aromatic N) is 3. The van der Waals surface area contributed by atoms with Gasteiger partial charge in [0.1, 0.15) is 17.7 Å². The zero-order chi connectivity index (χ0) is 22.0. The highest BCUT2D eigenvalue weighted by atomic mass is 32.2. The Kier molecular flexibility index (Phi) is 6.03. The molecule has 4 rings (SSSR count). The molecule has 0 unspecified atom stereocenters. The van der Waals surface area contributed by atoms with E-state index in [4.69, 9.17) is 4.74 Å². The van der Waals surface area contributed by atoms with Crippen molar-refractivity contribution in [2.24, 2.45) is 0 Å². The molecule has 0 fully saturated rings. The SMILES string of the molecule is CCOC(=O)C1=C(C)Nc2nc(SCc3cccc(F)c3)nn2[C@H]1c1ccc(F)cc1. The molecular weight excluding hydrogens is 422 g/mol. The second-order valence-corrected chi connectivity index (χ2v) is 7.86. The first-order chi connectivity index (χ1) is 15.0. The second kappa shape index (κ2) is 8.89. The molecule has 0 amide bonds. The zero-order valence-corrected chi connectivity index (χ0v) is 17.7. The molecule has 2 aromatic carbocycles. The number of esters is 1. The van der Waals surface area contributed by atoms with Gasteiger partial charge in [-0.1, -0.05) is 36.0 Å². The molecule has 1 aliphatic rings. The molecule has 0 saturated carbocycles. The third-order valence-electron chi connectivity index (χ3n) is 4.77. The average Bonchev–Trinajstić information content (AvgIpc) is 3.14. The molecule has 160 valence electrons. The summed E-state index contributed by atoms with van der Waals surface area (Å²) < 4.78 is 33.8. The molecule has 0 bridgehead atoms. The molecule has 0 spiro atoms. The Morgan fingerprint density at radius 3 is 2.68 bits per heavy atom. The Bertz CT molecular complexity index is 1140. The summed E-state index contributed by atoms with van der Waals surface area (Å²) >= 11 is 1.35. The van der Waals surface area contributed by atoms with Crippen molar-refractivity contribution in [1.82, 2.24) is 14.8 Å². The quantitative estimate of drug-likeness (QED) is 0.441. The standard InChI is InChI=1S/C22H20F2N4O2S/c1-3-30-20(29)18-13(2)25-21-26-22(31-12-14-5-4-6-17(24)11-14)27-28(21)19(18)15-7-9-16(23)10-8-15/h4-11,19H,3,12H2,1-2H3,(H,25,26,27)/t19-/m0/s1. The first-order valence-electron chi connectivity index (χ1n) is 9.70. The van der Waals surface area contributed by atoms with Crippen LogP contribution in [-0.4, -0.2) is 27.3 Å². The van der Waals surface area contributed by atoms with Gasteiger partial charge >= 0.3 is 5.97 Å². The van der Waals surface area contributed by atoms with Crippen molar-refractivity contribution in [3.63, 3.8) is 0 Å². The van der Waals surface area contributed by atoms with Crippen molar-refractivity contribution < 1.29 is 18.3 Å². The summed E-state index contributed by atoms with van der Waals surface area (Å²) in [7, 11) is 0. The van der Waals surface area contributed by atoms with Crippen LogP contribution in [0.1, 0.15) is 31.0 Å². The number of anilines is 1. The Balaban J connectivity index is 1.68. The summed E-state index contributed by atoms with van der Waals surface area (Å²) in [5.41, 5.74) is 2.46. The summed E-state index contributed by atoms with van der Waals surface area (Å²) in [5.74, 6) is -0.202. The molecule has 1 atom stereocenters. The predicted octanol–water partition coefficient (Wildman–Crippen LogP) is 4.70. The van der Waals surface area contributed by atoms with E-state index in [1.807, 2.05) is 6.07 Å². The minimum absolute atomic E-state index is 0.227. The largest absolute Gasteiger partial charge is 0.463 e. The van der Waals surface area contributed by atoms with Crippen LogP contribution in [0.4, 0.5) is 14.7 Å². The van der Waals surface area contributed by atoms with Crippen LogP contribution >= 0.6 is 11.8 Å². The van der Waals surface area contributed by atoms with E-state index in [9.17, 15) is 13.6 Å². The van der Waals surface area contributed by atoms with E-state index in [0.29, 0.717) is 33.7 Å². The number of thioether (sulfide) groups is 1. The molecule has 3 aromatic rings. The molecule has 6 nitrogen and oxygen atoms in total. The number of hydrogen-bond donors (Lipinski definition) is 1. The molecule has 31 heavy (non-hydrogen) atoms. The van der Waals surface area contributed by atoms with Crippen molar-refractivity contribution in [3.05, 3.63) is 82.6 Å². The van der Waals surface area contributed by atoms with Crippen LogP contribution in [0.3, 0.4) is 0 Å². The molecule has 1 N–H and O–H groups in total. The molecule has 9 heteroatoms. The molecule has 1 aliphatic heterocycles. The van der Waals surface area contributed by atoms with E-state index in [2.05, 4.69) is 15.4 Å². The number of nitrogens with one attached hydrogen (secondary N) is 1. The van der Waals surface area contributed by atoms with Gasteiger partial charge < -0.3 is 10.1 Å². The molecule has 1 aromatic heterocycles. The van der Waals surface area contributed by atoms with E-state index in [1.54, 1.807) is 36.7 Å². The van der Waals surface area contributed by atoms with Crippen LogP contribution in [0.2, 0.25) is 0 Å². The highest BCUT2D eigenvalue weighted by molar-refractivity contribution is 7.98. The highest BCUT2D eigenvalue weighted by Crippen LogP contribution is 2.37. The lowest BCUT2D eigenvalue weighted by molar-refractivity contribution is -0.139. The number of allylic oxidation sites excluding steroid dienone is 1. The summed E-state index contributed by atoms with van der Waals surface area (Å²) in [6.07, 6.45) is 0. The van der Waals surface area contributed by atoms with Gasteiger partial charge in [0.25, 0.3) is 0 Å². The van der Waals surface area contributed by atoms with Gasteiger partial charge in [-0.2, -0.15) is 4.98 Å². The molecular formula is C22H20F2N4O2S. The van der Waals surface area contributed by atoms with Gasteiger partial charge in [0, 0.05) is 11.4 Å². The number of benzene rings is 2. The van der Waals surface area contributed by atoms with Crippen LogP contribution in [-0.2, 0) is 15.3 Å². The van der Waals surface area contributed by atoms with Crippen molar-refractivity contribution >= 4 is 23.7 Å². The van der Waals surface area contributed by atoms with E-state index in [-0.39, 0.29) is 18.2 Å². The van der Waals surface area contributed by atoms with Crippen molar-refractivity contribution in [1.29, 1.82) is 0 Å². The Labute approximate surface area is 182 Å². The lowest BCUT2D eigenvalue weighted by atomic mass is 9.96. The average molecular weight is 442 g/mol. The summed E-state index contributed by atoms with van der Waals surface area (Å²) in [4.78, 5) is 17.2. The topological polar surface area (TPSA) is 69.0 Å². The van der Waals surface area contributed by atoms with Crippen LogP contribution in [0.5, 0.6) is 0 Å². The number of hydrogen-bond acceptors (Lipinski definition) is 6. The maximum atomic E-state index is 13.5. The van der Waals surface area contributed by atoms with Gasteiger partial charge in [0.2, 0.25) is 11.1 Å². The van der Waals surface area contributed by atoms with Crippen LogP contribution in [0, 0.1) is 11.6 Å². The van der Waals surface area contributed by atoms with Gasteiger partial charge in [-0.25, -0.2) is 18.3 Å². The van der Waals surface area contributed by atoms with Crippen LogP contribution < -0.4 is 5.32 Å². The lowest BCUT2D eigenvalue weighted by Crippen LogP contribution is -2.29. The fourth-order valence-corrected chi connectivity index (χ4v) is 4.17. The van der Waals surface area contributed by atoms with Gasteiger partial charge in [0.15, 0.2) is 0 Å². The van der Waals surface area contributed by atoms with E-state index < -0.39 is 12.0 Å². The predicted molar refractivity (Wildman–Crippen MR) is 113 cm³/mol. The number of aromatic nitrogens is 3. The first kappa shape index (κ1) is 21.0. The normalized spacial score (nSPS) is 15.4. The van der Waals surface area contributed by atoms with Crippen LogP contribution in [0.25, 0.3) is 0 Å². The zero-order valence-electron chi connectivity index (χ0n) is 16.9. The second-order valence-electron chi connectivity index (χ2n) is 6.92. The maximum absolute atomic E-state index is 13.5. The summed E-state index contributed by atoms with van der Waals surface area (Å²) in [6, 6.07) is 11.6. The third kappa shape index (κ3) is 4.46. The van der Waals surface area contributed by atoms with Crippen molar-refractivity contribution in [3.8, 4) is 0 Å². The fourth-order valence-electron chi connectivity index (χ4n) is 3.39. The van der Waals surface area contributed by atoms with Crippen molar-refractivity contribution in [2.45, 2.75) is 30.8 Å². The number of carbonyl (C=O) groups excluding carboxylic acids is 1. The summed E-state index contributed by atoms with van der Waals surface area (Å²) in [6.45, 7) is 3.73. The maximum Gasteiger partial charge on any atom is 0.338 e. The minimum atomic E-state index is -0.619. The van der Waals surface area contributed by atoms with E-state index in [1.165, 1.54) is 36.0 Å². The Morgan fingerprint density at radius 2 is 1.97 bits per heavy atom. The van der Waals surface area contributed by atoms with E-state index >= 15 is 0 Å². The minimum Gasteiger partial charge on any atom is -0.463 e. The number of halogens is 2. The monoisotopic (exact) mass is 442 g/mol. The first-order valence-corrected chi connectivity index (χ1v) is 10.7. The number of rotatable bonds is 6. The van der Waals surface area contributed by atoms with Gasteiger partial charge in [-0.05, 0) is 49.2 Å².